The minimum Gasteiger partial charge on any atom is -0.393 e. The summed E-state index contributed by atoms with van der Waals surface area (Å²) in [5, 5.41) is 27.2. The van der Waals surface area contributed by atoms with E-state index in [0.29, 0.717) is 6.42 Å². The third kappa shape index (κ3) is 6.76. The van der Waals surface area contributed by atoms with Crippen molar-refractivity contribution >= 4 is 5.78 Å². The summed E-state index contributed by atoms with van der Waals surface area (Å²) in [6.07, 6.45) is 7.91. The Kier molecular flexibility index (Phi) is 9.31. The molecular formula is C13H26O4. The highest BCUT2D eigenvalue weighted by Crippen LogP contribution is 2.13. The molecule has 0 rings (SSSR count). The van der Waals surface area contributed by atoms with Crippen LogP contribution in [0, 0.1) is 0 Å². The van der Waals surface area contributed by atoms with Crippen LogP contribution < -0.4 is 0 Å². The maximum absolute atomic E-state index is 11.5. The number of aliphatic hydroxyl groups is 3. The van der Waals surface area contributed by atoms with E-state index in [2.05, 4.69) is 6.92 Å². The van der Waals surface area contributed by atoms with Crippen molar-refractivity contribution in [2.75, 3.05) is 13.2 Å². The predicted molar refractivity (Wildman–Crippen MR) is 66.7 cm³/mol. The predicted octanol–water partition coefficient (Wildman–Crippen LogP) is 1.41. The van der Waals surface area contributed by atoms with Crippen molar-refractivity contribution in [3.63, 3.8) is 0 Å². The molecule has 4 nitrogen and oxygen atoms in total. The highest BCUT2D eigenvalue weighted by molar-refractivity contribution is 5.87. The van der Waals surface area contributed by atoms with E-state index >= 15 is 0 Å². The second kappa shape index (κ2) is 9.57. The van der Waals surface area contributed by atoms with Gasteiger partial charge in [-0.25, -0.2) is 0 Å². The second-order valence-electron chi connectivity index (χ2n) is 4.64. The zero-order valence-corrected chi connectivity index (χ0v) is 10.8. The molecule has 17 heavy (non-hydrogen) atoms. The molecule has 0 unspecified atom stereocenters. The Labute approximate surface area is 104 Å². The van der Waals surface area contributed by atoms with Crippen molar-refractivity contribution in [3.05, 3.63) is 0 Å². The summed E-state index contributed by atoms with van der Waals surface area (Å²) in [5.41, 5.74) is -1.94. The number of Topliss-reactive ketones (excluding diaryl/α,β-unsaturated/α-hetero) is 1. The lowest BCUT2D eigenvalue weighted by Gasteiger charge is -2.21. The van der Waals surface area contributed by atoms with Crippen LogP contribution in [0.4, 0.5) is 0 Å². The normalized spacial score (nSPS) is 11.8. The number of hydrogen-bond donors (Lipinski definition) is 3. The number of unbranched alkanes of at least 4 members (excludes halogenated alkanes) is 6. The van der Waals surface area contributed by atoms with E-state index < -0.39 is 24.6 Å². The van der Waals surface area contributed by atoms with E-state index in [1.165, 1.54) is 25.7 Å². The first kappa shape index (κ1) is 16.6. The van der Waals surface area contributed by atoms with Gasteiger partial charge in [0.05, 0.1) is 13.2 Å². The van der Waals surface area contributed by atoms with Crippen LogP contribution in [0.5, 0.6) is 0 Å². The van der Waals surface area contributed by atoms with E-state index in [4.69, 9.17) is 10.2 Å². The van der Waals surface area contributed by atoms with Crippen molar-refractivity contribution in [2.24, 2.45) is 0 Å². The average Bonchev–Trinajstić information content (AvgIpc) is 2.36. The first-order valence-corrected chi connectivity index (χ1v) is 6.58. The highest BCUT2D eigenvalue weighted by Gasteiger charge is 2.33. The molecule has 102 valence electrons. The van der Waals surface area contributed by atoms with Crippen molar-refractivity contribution < 1.29 is 20.1 Å². The second-order valence-corrected chi connectivity index (χ2v) is 4.64. The van der Waals surface area contributed by atoms with E-state index in [9.17, 15) is 9.90 Å². The van der Waals surface area contributed by atoms with Gasteiger partial charge in [-0.15, -0.1) is 0 Å². The summed E-state index contributed by atoms with van der Waals surface area (Å²) in [5.74, 6) is -0.462. The zero-order valence-electron chi connectivity index (χ0n) is 10.8. The zero-order chi connectivity index (χ0) is 13.1. The maximum Gasteiger partial charge on any atom is 0.169 e. The molecule has 0 atom stereocenters. The smallest absolute Gasteiger partial charge is 0.169 e. The van der Waals surface area contributed by atoms with Crippen LogP contribution in [0.3, 0.4) is 0 Å². The lowest BCUT2D eigenvalue weighted by molar-refractivity contribution is -0.146. The molecule has 4 heteroatoms. The van der Waals surface area contributed by atoms with Gasteiger partial charge in [0.15, 0.2) is 11.4 Å². The number of ketones is 1. The van der Waals surface area contributed by atoms with E-state index in [0.717, 1.165) is 12.8 Å². The Balaban J connectivity index is 3.57. The Morgan fingerprint density at radius 1 is 0.941 bits per heavy atom. The maximum atomic E-state index is 11.5. The minimum absolute atomic E-state index is 0.228. The van der Waals surface area contributed by atoms with Gasteiger partial charge in [-0.2, -0.15) is 0 Å². The van der Waals surface area contributed by atoms with Gasteiger partial charge in [-0.05, 0) is 6.42 Å². The fraction of sp³-hybridized carbons (Fsp3) is 0.923. The van der Waals surface area contributed by atoms with Gasteiger partial charge in [0.2, 0.25) is 0 Å². The van der Waals surface area contributed by atoms with E-state index in [1.807, 2.05) is 0 Å². The number of carbonyl (C=O) groups is 1. The molecule has 0 radical (unpaired) electrons. The molecule has 0 aromatic carbocycles. The van der Waals surface area contributed by atoms with Crippen molar-refractivity contribution in [3.8, 4) is 0 Å². The molecule has 0 aliphatic rings. The van der Waals surface area contributed by atoms with Crippen molar-refractivity contribution in [2.45, 2.75) is 63.9 Å². The third-order valence-electron chi connectivity index (χ3n) is 3.05. The standard InChI is InChI=1S/C13H26O4/c1-2-3-4-5-6-7-8-9-12(16)13(17,10-14)11-15/h14-15,17H,2-11H2,1H3. The number of aliphatic hydroxyl groups excluding tert-OH is 2. The van der Waals surface area contributed by atoms with Gasteiger partial charge in [0, 0.05) is 6.42 Å². The highest BCUT2D eigenvalue weighted by atomic mass is 16.4. The molecule has 0 amide bonds. The van der Waals surface area contributed by atoms with Crippen LogP contribution in [-0.2, 0) is 4.79 Å². The fourth-order valence-corrected chi connectivity index (χ4v) is 1.70. The largest absolute Gasteiger partial charge is 0.393 e. The molecule has 0 aromatic heterocycles. The number of hydrogen-bond acceptors (Lipinski definition) is 4. The molecule has 0 saturated carbocycles. The lowest BCUT2D eigenvalue weighted by Crippen LogP contribution is -2.45. The molecule has 0 aromatic rings. The number of rotatable bonds is 11. The molecule has 0 heterocycles. The summed E-state index contributed by atoms with van der Waals surface area (Å²) in [7, 11) is 0. The van der Waals surface area contributed by atoms with Gasteiger partial charge in [-0.1, -0.05) is 45.4 Å². The summed E-state index contributed by atoms with van der Waals surface area (Å²) in [6, 6.07) is 0. The molecule has 0 aliphatic carbocycles. The van der Waals surface area contributed by atoms with E-state index in [-0.39, 0.29) is 6.42 Å². The van der Waals surface area contributed by atoms with Crippen LogP contribution in [-0.4, -0.2) is 39.9 Å². The molecule has 0 aliphatic heterocycles. The van der Waals surface area contributed by atoms with Crippen molar-refractivity contribution in [1.82, 2.24) is 0 Å². The molecule has 0 saturated heterocycles. The number of carbonyl (C=O) groups excluding carboxylic acids is 1. The van der Waals surface area contributed by atoms with Gasteiger partial charge in [0.1, 0.15) is 0 Å². The van der Waals surface area contributed by atoms with Gasteiger partial charge in [0.25, 0.3) is 0 Å². The minimum atomic E-state index is -1.94. The van der Waals surface area contributed by atoms with Gasteiger partial charge < -0.3 is 15.3 Å². The van der Waals surface area contributed by atoms with Crippen LogP contribution in [0.2, 0.25) is 0 Å². The fourth-order valence-electron chi connectivity index (χ4n) is 1.70. The van der Waals surface area contributed by atoms with Crippen LogP contribution in [0.1, 0.15) is 58.3 Å². The summed E-state index contributed by atoms with van der Waals surface area (Å²) in [6.45, 7) is 0.751. The molecule has 0 bridgehead atoms. The van der Waals surface area contributed by atoms with Crippen LogP contribution in [0.15, 0.2) is 0 Å². The lowest BCUT2D eigenvalue weighted by atomic mass is 9.95. The Morgan fingerprint density at radius 3 is 1.88 bits per heavy atom. The third-order valence-corrected chi connectivity index (χ3v) is 3.05. The van der Waals surface area contributed by atoms with Crippen molar-refractivity contribution in [1.29, 1.82) is 0 Å². The molecule has 0 spiro atoms. The Morgan fingerprint density at radius 2 is 1.41 bits per heavy atom. The average molecular weight is 246 g/mol. The first-order chi connectivity index (χ1) is 8.10. The Bertz CT molecular complexity index is 200. The quantitative estimate of drug-likeness (QED) is 0.482. The van der Waals surface area contributed by atoms with Gasteiger partial charge in [-0.3, -0.25) is 4.79 Å². The summed E-state index contributed by atoms with van der Waals surface area (Å²) in [4.78, 5) is 11.5. The SMILES string of the molecule is CCCCCCCCCC(=O)C(O)(CO)CO. The van der Waals surface area contributed by atoms with Gasteiger partial charge >= 0.3 is 0 Å². The molecular weight excluding hydrogens is 220 g/mol. The molecule has 3 N–H and O–H groups in total. The van der Waals surface area contributed by atoms with Crippen LogP contribution >= 0.6 is 0 Å². The van der Waals surface area contributed by atoms with E-state index in [1.54, 1.807) is 0 Å². The molecule has 0 fully saturated rings. The topological polar surface area (TPSA) is 77.8 Å². The van der Waals surface area contributed by atoms with Crippen LogP contribution in [0.25, 0.3) is 0 Å². The summed E-state index contributed by atoms with van der Waals surface area (Å²) < 4.78 is 0. The first-order valence-electron chi connectivity index (χ1n) is 6.58. The Hall–Kier alpha value is -0.450. The summed E-state index contributed by atoms with van der Waals surface area (Å²) >= 11 is 0. The monoisotopic (exact) mass is 246 g/mol.